The average Bonchev–Trinajstić information content (AvgIpc) is 2.15. The summed E-state index contributed by atoms with van der Waals surface area (Å²) in [6, 6.07) is 8.42. The fraction of sp³-hybridized carbons (Fsp3) is 0.417. The van der Waals surface area contributed by atoms with Gasteiger partial charge in [-0.05, 0) is 30.3 Å². The van der Waals surface area contributed by atoms with Crippen LogP contribution in [0.2, 0.25) is 19.1 Å². The van der Waals surface area contributed by atoms with Gasteiger partial charge in [0.05, 0.1) is 19.7 Å². The van der Waals surface area contributed by atoms with Crippen LogP contribution in [0.1, 0.15) is 12.5 Å². The molecule has 86 valence electrons. The Bertz CT molecular complexity index is 422. The van der Waals surface area contributed by atoms with E-state index in [1.807, 2.05) is 12.1 Å². The molecule has 16 heavy (non-hydrogen) atoms. The topological polar surface area (TPSA) is 70.0 Å². The lowest BCUT2D eigenvalue weighted by atomic mass is 10.2. The van der Waals surface area contributed by atoms with Gasteiger partial charge in [-0.25, -0.2) is 0 Å². The summed E-state index contributed by atoms with van der Waals surface area (Å²) >= 11 is 0. The van der Waals surface area contributed by atoms with E-state index < -0.39 is 8.07 Å². The van der Waals surface area contributed by atoms with Crippen LogP contribution >= 0.6 is 0 Å². The molecule has 0 amide bonds. The molecular weight excluding hydrogens is 216 g/mol. The van der Waals surface area contributed by atoms with E-state index in [0.717, 1.165) is 11.2 Å². The largest absolute Gasteiger partial charge is 0.399 e. The standard InChI is InChI=1S/C12H18N2OSi/c1-9(15)8-16(2,3)12-5-4-11(14)6-10(12)7-13/h4-6,9,15H,8,14H2,1-3H3. The van der Waals surface area contributed by atoms with Crippen LogP contribution in [0.25, 0.3) is 0 Å². The Hall–Kier alpha value is -1.31. The molecule has 0 saturated carbocycles. The van der Waals surface area contributed by atoms with Gasteiger partial charge in [-0.1, -0.05) is 19.2 Å². The van der Waals surface area contributed by atoms with E-state index in [2.05, 4.69) is 19.2 Å². The number of nitrogens with zero attached hydrogens (tertiary/aromatic N) is 1. The minimum absolute atomic E-state index is 0.328. The van der Waals surface area contributed by atoms with Crippen LogP contribution in [0.4, 0.5) is 5.69 Å². The summed E-state index contributed by atoms with van der Waals surface area (Å²) < 4.78 is 0. The third kappa shape index (κ3) is 2.84. The van der Waals surface area contributed by atoms with Gasteiger partial charge in [-0.3, -0.25) is 0 Å². The van der Waals surface area contributed by atoms with Gasteiger partial charge in [0, 0.05) is 11.8 Å². The molecule has 0 fully saturated rings. The summed E-state index contributed by atoms with van der Waals surface area (Å²) in [5.41, 5.74) is 6.93. The van der Waals surface area contributed by atoms with Crippen LogP contribution in [0.5, 0.6) is 0 Å². The second kappa shape index (κ2) is 4.68. The summed E-state index contributed by atoms with van der Waals surface area (Å²) in [6.45, 7) is 6.11. The van der Waals surface area contributed by atoms with Crippen molar-refractivity contribution >= 4 is 18.9 Å². The van der Waals surface area contributed by atoms with Gasteiger partial charge >= 0.3 is 0 Å². The number of aliphatic hydroxyl groups is 1. The first-order chi connectivity index (χ1) is 7.36. The Balaban J connectivity index is 3.17. The van der Waals surface area contributed by atoms with E-state index >= 15 is 0 Å². The zero-order valence-corrected chi connectivity index (χ0v) is 11.0. The summed E-state index contributed by atoms with van der Waals surface area (Å²) in [5, 5.41) is 19.7. The summed E-state index contributed by atoms with van der Waals surface area (Å²) in [5.74, 6) is 0. The normalized spacial score (nSPS) is 13.2. The monoisotopic (exact) mass is 234 g/mol. The second-order valence-electron chi connectivity index (χ2n) is 4.85. The Morgan fingerprint density at radius 2 is 2.12 bits per heavy atom. The SMILES string of the molecule is CC(O)C[Si](C)(C)c1ccc(N)cc1C#N. The number of hydrogen-bond donors (Lipinski definition) is 2. The first-order valence-corrected chi connectivity index (χ1v) is 8.55. The maximum Gasteiger partial charge on any atom is 0.0991 e. The van der Waals surface area contributed by atoms with Gasteiger partial charge in [0.25, 0.3) is 0 Å². The zero-order valence-electron chi connectivity index (χ0n) is 9.99. The van der Waals surface area contributed by atoms with Crippen molar-refractivity contribution in [2.45, 2.75) is 32.2 Å². The maximum atomic E-state index is 9.49. The van der Waals surface area contributed by atoms with Crippen molar-refractivity contribution in [3.05, 3.63) is 23.8 Å². The van der Waals surface area contributed by atoms with Crippen molar-refractivity contribution in [2.24, 2.45) is 0 Å². The summed E-state index contributed by atoms with van der Waals surface area (Å²) in [6.07, 6.45) is -0.328. The van der Waals surface area contributed by atoms with E-state index in [-0.39, 0.29) is 6.10 Å². The van der Waals surface area contributed by atoms with Crippen molar-refractivity contribution in [3.63, 3.8) is 0 Å². The smallest absolute Gasteiger partial charge is 0.0991 e. The van der Waals surface area contributed by atoms with Crippen LogP contribution in [0.15, 0.2) is 18.2 Å². The molecule has 0 heterocycles. The van der Waals surface area contributed by atoms with Crippen LogP contribution in [-0.2, 0) is 0 Å². The highest BCUT2D eigenvalue weighted by atomic mass is 28.3. The molecule has 3 N–H and O–H groups in total. The van der Waals surface area contributed by atoms with Crippen LogP contribution < -0.4 is 10.9 Å². The summed E-state index contributed by atoms with van der Waals surface area (Å²) in [7, 11) is -1.76. The molecule has 0 bridgehead atoms. The average molecular weight is 234 g/mol. The highest BCUT2D eigenvalue weighted by Crippen LogP contribution is 2.16. The van der Waals surface area contributed by atoms with Gasteiger partial charge in [0.2, 0.25) is 0 Å². The van der Waals surface area contributed by atoms with Gasteiger partial charge < -0.3 is 10.8 Å². The summed E-state index contributed by atoms with van der Waals surface area (Å²) in [4.78, 5) is 0. The molecule has 0 radical (unpaired) electrons. The number of nitriles is 1. The minimum Gasteiger partial charge on any atom is -0.399 e. The van der Waals surface area contributed by atoms with Crippen LogP contribution in [0.3, 0.4) is 0 Å². The van der Waals surface area contributed by atoms with E-state index in [9.17, 15) is 5.11 Å². The molecule has 0 aliphatic carbocycles. The molecule has 0 aromatic heterocycles. The number of aliphatic hydroxyl groups excluding tert-OH is 1. The number of nitrogen functional groups attached to an aromatic ring is 1. The molecule has 1 unspecified atom stereocenters. The molecule has 1 atom stereocenters. The van der Waals surface area contributed by atoms with Crippen LogP contribution in [0, 0.1) is 11.3 Å². The van der Waals surface area contributed by atoms with Crippen molar-refractivity contribution < 1.29 is 5.11 Å². The van der Waals surface area contributed by atoms with Crippen molar-refractivity contribution in [3.8, 4) is 6.07 Å². The van der Waals surface area contributed by atoms with E-state index in [1.54, 1.807) is 13.0 Å². The molecule has 0 saturated heterocycles. The molecule has 0 spiro atoms. The highest BCUT2D eigenvalue weighted by molar-refractivity contribution is 6.90. The lowest BCUT2D eigenvalue weighted by molar-refractivity contribution is 0.214. The molecular formula is C12H18N2OSi. The molecule has 1 aromatic carbocycles. The van der Waals surface area contributed by atoms with Crippen molar-refractivity contribution in [1.29, 1.82) is 5.26 Å². The quantitative estimate of drug-likeness (QED) is 0.614. The lowest BCUT2D eigenvalue weighted by Crippen LogP contribution is -2.45. The van der Waals surface area contributed by atoms with Gasteiger partial charge in [0.15, 0.2) is 0 Å². The Morgan fingerprint density at radius 3 is 2.62 bits per heavy atom. The third-order valence-corrected chi connectivity index (χ3v) is 6.20. The minimum atomic E-state index is -1.76. The first kappa shape index (κ1) is 12.8. The lowest BCUT2D eigenvalue weighted by Gasteiger charge is -2.25. The zero-order chi connectivity index (χ0) is 12.3. The molecule has 0 aliphatic rings. The predicted octanol–water partition coefficient (Wildman–Crippen LogP) is 1.44. The number of benzene rings is 1. The van der Waals surface area contributed by atoms with E-state index in [1.165, 1.54) is 0 Å². The maximum absolute atomic E-state index is 9.49. The molecule has 4 heteroatoms. The third-order valence-electron chi connectivity index (χ3n) is 2.70. The molecule has 1 rings (SSSR count). The van der Waals surface area contributed by atoms with Gasteiger partial charge in [0.1, 0.15) is 0 Å². The van der Waals surface area contributed by atoms with Gasteiger partial charge in [-0.15, -0.1) is 0 Å². The fourth-order valence-corrected chi connectivity index (χ4v) is 5.18. The number of nitrogens with two attached hydrogens (primary N) is 1. The number of rotatable bonds is 3. The molecule has 0 aliphatic heterocycles. The van der Waals surface area contributed by atoms with Crippen LogP contribution in [-0.4, -0.2) is 19.3 Å². The molecule has 3 nitrogen and oxygen atoms in total. The highest BCUT2D eigenvalue weighted by Gasteiger charge is 2.27. The van der Waals surface area contributed by atoms with Crippen molar-refractivity contribution in [1.82, 2.24) is 0 Å². The van der Waals surface area contributed by atoms with Crippen molar-refractivity contribution in [2.75, 3.05) is 5.73 Å². The molecule has 1 aromatic rings. The number of anilines is 1. The van der Waals surface area contributed by atoms with Gasteiger partial charge in [-0.2, -0.15) is 5.26 Å². The Kier molecular flexibility index (Phi) is 3.73. The predicted molar refractivity (Wildman–Crippen MR) is 69.2 cm³/mol. The fourth-order valence-electron chi connectivity index (χ4n) is 2.09. The Labute approximate surface area is 97.5 Å². The van der Waals surface area contributed by atoms with E-state index in [4.69, 9.17) is 11.0 Å². The Morgan fingerprint density at radius 1 is 1.50 bits per heavy atom. The van der Waals surface area contributed by atoms with E-state index in [0.29, 0.717) is 11.3 Å². The first-order valence-electron chi connectivity index (χ1n) is 5.35. The second-order valence-corrected chi connectivity index (χ2v) is 9.57. The number of hydrogen-bond acceptors (Lipinski definition) is 3.